The van der Waals surface area contributed by atoms with Crippen molar-refractivity contribution in [3.63, 3.8) is 0 Å². The minimum Gasteiger partial charge on any atom is -0.355 e. The number of nitrogens with one attached hydrogen (secondary N) is 2. The Morgan fingerprint density at radius 1 is 1.33 bits per heavy atom. The molecule has 0 saturated carbocycles. The number of amides is 3. The third kappa shape index (κ3) is 4.79. The van der Waals surface area contributed by atoms with Gasteiger partial charge in [-0.15, -0.1) is 0 Å². The summed E-state index contributed by atoms with van der Waals surface area (Å²) in [5.74, 6) is -0.685. The molecule has 7 heteroatoms. The molecule has 1 unspecified atom stereocenters. The monoisotopic (exact) mass is 332 g/mol. The van der Waals surface area contributed by atoms with Crippen molar-refractivity contribution < 1.29 is 14.4 Å². The van der Waals surface area contributed by atoms with Crippen molar-refractivity contribution in [3.05, 3.63) is 24.3 Å². The largest absolute Gasteiger partial charge is 0.355 e. The second kappa shape index (κ2) is 7.92. The summed E-state index contributed by atoms with van der Waals surface area (Å²) < 4.78 is 0. The van der Waals surface area contributed by atoms with Crippen LogP contribution in [0.5, 0.6) is 0 Å². The van der Waals surface area contributed by atoms with Gasteiger partial charge in [0.05, 0.1) is 5.92 Å². The molecule has 7 nitrogen and oxygen atoms in total. The van der Waals surface area contributed by atoms with Crippen LogP contribution in [0, 0.1) is 5.92 Å². The first-order valence-corrected chi connectivity index (χ1v) is 7.97. The summed E-state index contributed by atoms with van der Waals surface area (Å²) in [6.07, 6.45) is 0.207. The van der Waals surface area contributed by atoms with Crippen LogP contribution in [0.25, 0.3) is 0 Å². The summed E-state index contributed by atoms with van der Waals surface area (Å²) in [5.41, 5.74) is 1.32. The van der Waals surface area contributed by atoms with E-state index in [2.05, 4.69) is 10.6 Å². The van der Waals surface area contributed by atoms with Crippen LogP contribution in [0.3, 0.4) is 0 Å². The van der Waals surface area contributed by atoms with Gasteiger partial charge in [0.25, 0.3) is 0 Å². The molecular formula is C17H24N4O3. The van der Waals surface area contributed by atoms with Crippen LogP contribution in [0.2, 0.25) is 0 Å². The first-order valence-electron chi connectivity index (χ1n) is 7.97. The van der Waals surface area contributed by atoms with Crippen LogP contribution in [-0.2, 0) is 14.4 Å². The van der Waals surface area contributed by atoms with Gasteiger partial charge in [-0.05, 0) is 32.3 Å². The van der Waals surface area contributed by atoms with Crippen molar-refractivity contribution in [2.45, 2.75) is 13.3 Å². The van der Waals surface area contributed by atoms with E-state index in [4.69, 9.17) is 0 Å². The molecule has 0 aromatic heterocycles. The first kappa shape index (κ1) is 17.9. The van der Waals surface area contributed by atoms with E-state index in [0.717, 1.165) is 6.54 Å². The van der Waals surface area contributed by atoms with E-state index in [1.54, 1.807) is 29.2 Å². The normalized spacial score (nSPS) is 17.2. The molecule has 1 atom stereocenters. The van der Waals surface area contributed by atoms with E-state index in [1.165, 1.54) is 6.92 Å². The van der Waals surface area contributed by atoms with Crippen LogP contribution in [0.1, 0.15) is 13.3 Å². The molecule has 0 radical (unpaired) electrons. The second-order valence-electron chi connectivity index (χ2n) is 6.23. The molecule has 130 valence electrons. The SMILES string of the molecule is CC(=O)Nc1cccc(N2CC(C(=O)NCCN(C)C)CC2=O)c1. The van der Waals surface area contributed by atoms with Gasteiger partial charge in [0.2, 0.25) is 17.7 Å². The third-order valence-electron chi connectivity index (χ3n) is 3.83. The van der Waals surface area contributed by atoms with Crippen molar-refractivity contribution >= 4 is 29.1 Å². The molecule has 2 N–H and O–H groups in total. The molecule has 1 aromatic rings. The van der Waals surface area contributed by atoms with Crippen LogP contribution in [-0.4, -0.2) is 56.4 Å². The molecule has 1 saturated heterocycles. The summed E-state index contributed by atoms with van der Waals surface area (Å²) in [4.78, 5) is 39.2. The average molecular weight is 332 g/mol. The van der Waals surface area contributed by atoms with Gasteiger partial charge in [-0.3, -0.25) is 14.4 Å². The second-order valence-corrected chi connectivity index (χ2v) is 6.23. The first-order chi connectivity index (χ1) is 11.4. The number of anilines is 2. The minimum atomic E-state index is -0.343. The smallest absolute Gasteiger partial charge is 0.227 e. The molecule has 1 fully saturated rings. The van der Waals surface area contributed by atoms with Crippen LogP contribution in [0.15, 0.2) is 24.3 Å². The average Bonchev–Trinajstić information content (AvgIpc) is 2.88. The molecule has 1 aliphatic heterocycles. The quantitative estimate of drug-likeness (QED) is 0.802. The van der Waals surface area contributed by atoms with Gasteiger partial charge < -0.3 is 20.4 Å². The van der Waals surface area contributed by atoms with Crippen molar-refractivity contribution in [1.29, 1.82) is 0 Å². The fourth-order valence-electron chi connectivity index (χ4n) is 2.63. The molecule has 24 heavy (non-hydrogen) atoms. The van der Waals surface area contributed by atoms with Crippen molar-refractivity contribution in [1.82, 2.24) is 10.2 Å². The summed E-state index contributed by atoms with van der Waals surface area (Å²) >= 11 is 0. The Bertz CT molecular complexity index is 630. The molecule has 2 rings (SSSR count). The lowest BCUT2D eigenvalue weighted by molar-refractivity contribution is -0.126. The molecule has 0 aliphatic carbocycles. The maximum Gasteiger partial charge on any atom is 0.227 e. The van der Waals surface area contributed by atoms with Crippen LogP contribution in [0.4, 0.5) is 11.4 Å². The van der Waals surface area contributed by atoms with E-state index in [-0.39, 0.29) is 30.1 Å². The van der Waals surface area contributed by atoms with Crippen molar-refractivity contribution in [2.75, 3.05) is 43.9 Å². The Labute approximate surface area is 142 Å². The minimum absolute atomic E-state index is 0.0808. The van der Waals surface area contributed by atoms with Gasteiger partial charge in [-0.25, -0.2) is 0 Å². The highest BCUT2D eigenvalue weighted by molar-refractivity contribution is 6.01. The molecule has 0 spiro atoms. The number of carbonyl (C=O) groups is 3. The molecular weight excluding hydrogens is 308 g/mol. The zero-order valence-corrected chi connectivity index (χ0v) is 14.3. The van der Waals surface area contributed by atoms with E-state index < -0.39 is 0 Å². The third-order valence-corrected chi connectivity index (χ3v) is 3.83. The van der Waals surface area contributed by atoms with Gasteiger partial charge in [-0.1, -0.05) is 6.07 Å². The number of rotatable bonds is 6. The van der Waals surface area contributed by atoms with Crippen molar-refractivity contribution in [3.8, 4) is 0 Å². The summed E-state index contributed by atoms with van der Waals surface area (Å²) in [6, 6.07) is 7.08. The Kier molecular flexibility index (Phi) is 5.92. The van der Waals surface area contributed by atoms with Gasteiger partial charge in [0.1, 0.15) is 0 Å². The maximum atomic E-state index is 12.3. The number of benzene rings is 1. The van der Waals surface area contributed by atoms with E-state index >= 15 is 0 Å². The van der Waals surface area contributed by atoms with Gasteiger partial charge in [-0.2, -0.15) is 0 Å². The Morgan fingerprint density at radius 2 is 2.08 bits per heavy atom. The lowest BCUT2D eigenvalue weighted by atomic mass is 10.1. The van der Waals surface area contributed by atoms with Crippen molar-refractivity contribution in [2.24, 2.45) is 5.92 Å². The topological polar surface area (TPSA) is 81.8 Å². The standard InChI is InChI=1S/C17H24N4O3/c1-12(22)19-14-5-4-6-15(10-14)21-11-13(9-16(21)23)17(24)18-7-8-20(2)3/h4-6,10,13H,7-9,11H2,1-3H3,(H,18,24)(H,19,22). The molecule has 3 amide bonds. The van der Waals surface area contributed by atoms with Gasteiger partial charge in [0.15, 0.2) is 0 Å². The van der Waals surface area contributed by atoms with E-state index in [0.29, 0.717) is 24.5 Å². The highest BCUT2D eigenvalue weighted by atomic mass is 16.2. The van der Waals surface area contributed by atoms with Gasteiger partial charge >= 0.3 is 0 Å². The van der Waals surface area contributed by atoms with Gasteiger partial charge in [0, 0.05) is 44.4 Å². The fraction of sp³-hybridized carbons (Fsp3) is 0.471. The number of hydrogen-bond donors (Lipinski definition) is 2. The summed E-state index contributed by atoms with van der Waals surface area (Å²) in [6.45, 7) is 3.11. The predicted octanol–water partition coefficient (Wildman–Crippen LogP) is 0.676. The number of hydrogen-bond acceptors (Lipinski definition) is 4. The maximum absolute atomic E-state index is 12.3. The number of nitrogens with zero attached hydrogens (tertiary/aromatic N) is 2. The lowest BCUT2D eigenvalue weighted by Gasteiger charge is -2.18. The molecule has 1 heterocycles. The van der Waals surface area contributed by atoms with Crippen LogP contribution < -0.4 is 15.5 Å². The van der Waals surface area contributed by atoms with E-state index in [1.807, 2.05) is 19.0 Å². The highest BCUT2D eigenvalue weighted by Crippen LogP contribution is 2.27. The Balaban J connectivity index is 1.99. The lowest BCUT2D eigenvalue weighted by Crippen LogP contribution is -2.36. The number of likely N-dealkylation sites (N-methyl/N-ethyl adjacent to an activating group) is 1. The zero-order chi connectivity index (χ0) is 17.7. The molecule has 1 aliphatic rings. The molecule has 1 aromatic carbocycles. The summed E-state index contributed by atoms with van der Waals surface area (Å²) in [5, 5.41) is 5.56. The number of carbonyl (C=O) groups excluding carboxylic acids is 3. The fourth-order valence-corrected chi connectivity index (χ4v) is 2.63. The zero-order valence-electron chi connectivity index (χ0n) is 14.3. The highest BCUT2D eigenvalue weighted by Gasteiger charge is 2.35. The summed E-state index contributed by atoms with van der Waals surface area (Å²) in [7, 11) is 3.88. The van der Waals surface area contributed by atoms with Crippen LogP contribution >= 0.6 is 0 Å². The Morgan fingerprint density at radius 3 is 2.75 bits per heavy atom. The Hall–Kier alpha value is -2.41. The predicted molar refractivity (Wildman–Crippen MR) is 92.8 cm³/mol. The van der Waals surface area contributed by atoms with E-state index in [9.17, 15) is 14.4 Å². The molecule has 0 bridgehead atoms.